The number of hydrogen-bond acceptors (Lipinski definition) is 5. The summed E-state index contributed by atoms with van der Waals surface area (Å²) in [6, 6.07) is 13.8. The van der Waals surface area contributed by atoms with Crippen LogP contribution in [-0.2, 0) is 12.8 Å². The van der Waals surface area contributed by atoms with Crippen molar-refractivity contribution in [3.63, 3.8) is 0 Å². The van der Waals surface area contributed by atoms with Gasteiger partial charge in [0, 0.05) is 37.1 Å². The van der Waals surface area contributed by atoms with Crippen LogP contribution < -0.4 is 20.7 Å². The van der Waals surface area contributed by atoms with E-state index in [0.29, 0.717) is 5.88 Å². The van der Waals surface area contributed by atoms with Gasteiger partial charge in [0.2, 0.25) is 5.88 Å². The molecule has 0 spiro atoms. The fourth-order valence-electron chi connectivity index (χ4n) is 5.03. The number of benzene rings is 2. The highest BCUT2D eigenvalue weighted by Gasteiger charge is 2.22. The van der Waals surface area contributed by atoms with Gasteiger partial charge in [-0.15, -0.1) is 0 Å². The normalized spacial score (nSPS) is 16.4. The minimum atomic E-state index is -0.599. The number of nitrogens with one attached hydrogen (secondary N) is 1. The molecule has 2 aromatic carbocycles. The third-order valence-electron chi connectivity index (χ3n) is 6.71. The summed E-state index contributed by atoms with van der Waals surface area (Å²) >= 11 is 0. The van der Waals surface area contributed by atoms with E-state index in [4.69, 9.17) is 14.9 Å². The van der Waals surface area contributed by atoms with E-state index < -0.39 is 6.03 Å². The summed E-state index contributed by atoms with van der Waals surface area (Å²) in [7, 11) is 0. The Morgan fingerprint density at radius 1 is 1.03 bits per heavy atom. The Hall–Kier alpha value is -3.19. The van der Waals surface area contributed by atoms with E-state index in [2.05, 4.69) is 33.3 Å². The van der Waals surface area contributed by atoms with Gasteiger partial charge < -0.3 is 19.8 Å². The Bertz CT molecular complexity index is 1120. The molecule has 1 fully saturated rings. The minimum Gasteiger partial charge on any atom is -0.491 e. The first-order valence-corrected chi connectivity index (χ1v) is 12.0. The third-order valence-corrected chi connectivity index (χ3v) is 6.71. The molecule has 2 aliphatic rings. The van der Waals surface area contributed by atoms with E-state index >= 15 is 0 Å². The molecule has 7 nitrogen and oxygen atoms in total. The van der Waals surface area contributed by atoms with Gasteiger partial charge in [-0.2, -0.15) is 0 Å². The van der Waals surface area contributed by atoms with Crippen LogP contribution in [0, 0.1) is 0 Å². The van der Waals surface area contributed by atoms with Gasteiger partial charge >= 0.3 is 6.03 Å². The zero-order chi connectivity index (χ0) is 22.6. The molecule has 5 rings (SSSR count). The smallest absolute Gasteiger partial charge is 0.318 e. The van der Waals surface area contributed by atoms with Crippen molar-refractivity contribution in [2.45, 2.75) is 32.1 Å². The van der Waals surface area contributed by atoms with Gasteiger partial charge in [-0.3, -0.25) is 10.2 Å². The quantitative estimate of drug-likeness (QED) is 0.524. The summed E-state index contributed by atoms with van der Waals surface area (Å²) in [5.41, 5.74) is 9.74. The maximum atomic E-state index is 11.4. The summed E-state index contributed by atoms with van der Waals surface area (Å²) in [6.07, 6.45) is 5.20. The lowest BCUT2D eigenvalue weighted by atomic mass is 10.0. The van der Waals surface area contributed by atoms with Crippen molar-refractivity contribution in [1.82, 2.24) is 4.90 Å². The fourth-order valence-corrected chi connectivity index (χ4v) is 5.03. The minimum absolute atomic E-state index is 0.478. The van der Waals surface area contributed by atoms with Crippen LogP contribution in [0.25, 0.3) is 11.0 Å². The Labute approximate surface area is 194 Å². The van der Waals surface area contributed by atoms with Gasteiger partial charge in [-0.05, 0) is 56.3 Å². The standard InChI is InChI=1S/C26H32N4O3/c27-26(31)28-25-21(20-9-1-2-12-23(20)33-25)10-3-4-13-29-14-16-30(17-15-29)22-11-5-7-19-8-6-18-32-24(19)22/h1-2,5,7,9,11-12H,3-4,6,8,10,13-18H2,(H3,27,28,31). The monoisotopic (exact) mass is 448 g/mol. The molecule has 0 atom stereocenters. The lowest BCUT2D eigenvalue weighted by Gasteiger charge is -2.37. The van der Waals surface area contributed by atoms with E-state index in [-0.39, 0.29) is 0 Å². The maximum absolute atomic E-state index is 11.4. The average Bonchev–Trinajstić information content (AvgIpc) is 3.18. The average molecular weight is 449 g/mol. The number of para-hydroxylation sites is 2. The maximum Gasteiger partial charge on any atom is 0.318 e. The van der Waals surface area contributed by atoms with Crippen molar-refractivity contribution in [2.24, 2.45) is 5.73 Å². The number of carbonyl (C=O) groups is 1. The van der Waals surface area contributed by atoms with Gasteiger partial charge in [0.25, 0.3) is 0 Å². The van der Waals surface area contributed by atoms with Crippen LogP contribution >= 0.6 is 0 Å². The van der Waals surface area contributed by atoms with E-state index in [0.717, 1.165) is 93.7 Å². The number of anilines is 2. The molecule has 2 amide bonds. The SMILES string of the molecule is NC(=O)Nc1oc2ccccc2c1CCCCN1CCN(c2cccc3c2OCCC3)CC1. The number of furan rings is 1. The van der Waals surface area contributed by atoms with Crippen LogP contribution in [0.15, 0.2) is 46.9 Å². The van der Waals surface area contributed by atoms with Crippen molar-refractivity contribution >= 4 is 28.6 Å². The number of primary amides is 1. The van der Waals surface area contributed by atoms with Gasteiger partial charge in [0.15, 0.2) is 0 Å². The van der Waals surface area contributed by atoms with Crippen LogP contribution in [0.5, 0.6) is 5.75 Å². The number of piperazine rings is 1. The number of rotatable bonds is 7. The Morgan fingerprint density at radius 3 is 2.73 bits per heavy atom. The lowest BCUT2D eigenvalue weighted by molar-refractivity contribution is 0.250. The van der Waals surface area contributed by atoms with Crippen LogP contribution in [0.3, 0.4) is 0 Å². The van der Waals surface area contributed by atoms with Crippen molar-refractivity contribution in [1.29, 1.82) is 0 Å². The first-order valence-electron chi connectivity index (χ1n) is 12.0. The van der Waals surface area contributed by atoms with Crippen molar-refractivity contribution in [2.75, 3.05) is 49.5 Å². The highest BCUT2D eigenvalue weighted by Crippen LogP contribution is 2.36. The first-order chi connectivity index (χ1) is 16.2. The van der Waals surface area contributed by atoms with Crippen molar-refractivity contribution in [3.05, 3.63) is 53.6 Å². The molecule has 3 heterocycles. The third kappa shape index (κ3) is 4.78. The molecule has 0 radical (unpaired) electrons. The van der Waals surface area contributed by atoms with Gasteiger partial charge in [0.1, 0.15) is 11.3 Å². The van der Waals surface area contributed by atoms with E-state index in [1.165, 1.54) is 11.3 Å². The Kier molecular flexibility index (Phi) is 6.39. The summed E-state index contributed by atoms with van der Waals surface area (Å²) in [4.78, 5) is 16.4. The molecule has 0 aliphatic carbocycles. The molecular formula is C26H32N4O3. The number of carbonyl (C=O) groups excluding carboxylic acids is 1. The number of ether oxygens (including phenoxy) is 1. The van der Waals surface area contributed by atoms with Gasteiger partial charge in [-0.25, -0.2) is 4.79 Å². The summed E-state index contributed by atoms with van der Waals surface area (Å²) in [5, 5.41) is 3.69. The molecule has 0 saturated carbocycles. The predicted molar refractivity (Wildman–Crippen MR) is 131 cm³/mol. The fraction of sp³-hybridized carbons (Fsp3) is 0.423. The van der Waals surface area contributed by atoms with E-state index in [1.54, 1.807) is 0 Å². The molecule has 174 valence electrons. The van der Waals surface area contributed by atoms with Crippen LogP contribution in [0.1, 0.15) is 30.4 Å². The molecule has 0 unspecified atom stereocenters. The molecule has 3 aromatic rings. The van der Waals surface area contributed by atoms with Gasteiger partial charge in [0.05, 0.1) is 12.3 Å². The van der Waals surface area contributed by atoms with E-state index in [9.17, 15) is 4.79 Å². The second kappa shape index (κ2) is 9.75. The second-order valence-corrected chi connectivity index (χ2v) is 8.90. The molecule has 1 saturated heterocycles. The molecule has 1 aromatic heterocycles. The number of hydrogen-bond donors (Lipinski definition) is 2. The number of nitrogens with two attached hydrogens (primary N) is 1. The van der Waals surface area contributed by atoms with E-state index in [1.807, 2.05) is 24.3 Å². The number of amides is 2. The Morgan fingerprint density at radius 2 is 1.88 bits per heavy atom. The topological polar surface area (TPSA) is 84.0 Å². The largest absolute Gasteiger partial charge is 0.491 e. The summed E-state index contributed by atoms with van der Waals surface area (Å²) in [5.74, 6) is 1.58. The van der Waals surface area contributed by atoms with Crippen molar-refractivity contribution < 1.29 is 13.9 Å². The zero-order valence-electron chi connectivity index (χ0n) is 19.0. The molecular weight excluding hydrogens is 416 g/mol. The molecule has 2 aliphatic heterocycles. The highest BCUT2D eigenvalue weighted by atomic mass is 16.5. The van der Waals surface area contributed by atoms with Crippen molar-refractivity contribution in [3.8, 4) is 5.75 Å². The summed E-state index contributed by atoms with van der Waals surface area (Å²) < 4.78 is 11.8. The molecule has 0 bridgehead atoms. The predicted octanol–water partition coefficient (Wildman–Crippen LogP) is 4.39. The first kappa shape index (κ1) is 21.6. The summed E-state index contributed by atoms with van der Waals surface area (Å²) in [6.45, 7) is 6.08. The number of urea groups is 1. The van der Waals surface area contributed by atoms with Crippen LogP contribution in [0.4, 0.5) is 16.4 Å². The number of unbranched alkanes of at least 4 members (excludes halogenated alkanes) is 1. The molecule has 7 heteroatoms. The highest BCUT2D eigenvalue weighted by molar-refractivity contribution is 5.93. The second-order valence-electron chi connectivity index (χ2n) is 8.90. The zero-order valence-corrected chi connectivity index (χ0v) is 19.0. The van der Waals surface area contributed by atoms with Crippen LogP contribution in [-0.4, -0.2) is 50.3 Å². The number of nitrogens with zero attached hydrogens (tertiary/aromatic N) is 2. The molecule has 33 heavy (non-hydrogen) atoms. The Balaban J connectivity index is 1.13. The molecule has 3 N–H and O–H groups in total. The number of fused-ring (bicyclic) bond motifs is 2. The lowest BCUT2D eigenvalue weighted by Crippen LogP contribution is -2.46. The van der Waals surface area contributed by atoms with Gasteiger partial charge in [-0.1, -0.05) is 30.3 Å². The van der Waals surface area contributed by atoms with Crippen LogP contribution in [0.2, 0.25) is 0 Å². The number of aryl methyl sites for hydroxylation is 2.